The zero-order valence-electron chi connectivity index (χ0n) is 11.4. The topological polar surface area (TPSA) is 61.9 Å². The van der Waals surface area contributed by atoms with Gasteiger partial charge >= 0.3 is 0 Å². The molecule has 2 heterocycles. The Kier molecular flexibility index (Phi) is 3.99. The fourth-order valence-electron chi connectivity index (χ4n) is 2.33. The average Bonchev–Trinajstić information content (AvgIpc) is 2.81. The van der Waals surface area contributed by atoms with Gasteiger partial charge in [-0.1, -0.05) is 20.8 Å². The first-order valence-electron chi connectivity index (χ1n) is 6.82. The van der Waals surface area contributed by atoms with Crippen LogP contribution in [0, 0.1) is 11.8 Å². The number of nitrogens with one attached hydrogen (secondary N) is 1. The number of rotatable bonds is 3. The average molecular weight is 250 g/mol. The molecule has 1 saturated heterocycles. The lowest BCUT2D eigenvalue weighted by Gasteiger charge is -2.34. The second-order valence-corrected chi connectivity index (χ2v) is 5.35. The van der Waals surface area contributed by atoms with Gasteiger partial charge in [0.1, 0.15) is 5.82 Å². The number of piperidine rings is 1. The third kappa shape index (κ3) is 2.71. The van der Waals surface area contributed by atoms with Gasteiger partial charge in [0.15, 0.2) is 0 Å². The molecule has 0 radical (unpaired) electrons. The summed E-state index contributed by atoms with van der Waals surface area (Å²) in [4.78, 5) is 18.4. The number of hydrogen-bond donors (Lipinski definition) is 1. The maximum Gasteiger partial charge on any atom is 0.293 e. The molecule has 1 aromatic heterocycles. The van der Waals surface area contributed by atoms with E-state index >= 15 is 0 Å². The van der Waals surface area contributed by atoms with E-state index in [1.807, 2.05) is 4.90 Å². The summed E-state index contributed by atoms with van der Waals surface area (Å²) in [5, 5.41) is 6.86. The van der Waals surface area contributed by atoms with Crippen LogP contribution in [-0.4, -0.2) is 39.1 Å². The molecule has 5 heteroatoms. The van der Waals surface area contributed by atoms with Crippen LogP contribution in [0.4, 0.5) is 0 Å². The summed E-state index contributed by atoms with van der Waals surface area (Å²) in [7, 11) is 0. The lowest BCUT2D eigenvalue weighted by atomic mass is 9.89. The summed E-state index contributed by atoms with van der Waals surface area (Å²) in [6, 6.07) is 0. The zero-order chi connectivity index (χ0) is 13.1. The van der Waals surface area contributed by atoms with E-state index in [2.05, 4.69) is 36.0 Å². The van der Waals surface area contributed by atoms with Crippen molar-refractivity contribution in [3.63, 3.8) is 0 Å². The van der Waals surface area contributed by atoms with E-state index in [1.54, 1.807) is 0 Å². The second kappa shape index (κ2) is 5.50. The summed E-state index contributed by atoms with van der Waals surface area (Å²) in [6.45, 7) is 8.17. The van der Waals surface area contributed by atoms with Crippen molar-refractivity contribution in [3.8, 4) is 0 Å². The van der Waals surface area contributed by atoms with Crippen molar-refractivity contribution in [2.45, 2.75) is 40.0 Å². The van der Waals surface area contributed by atoms with Crippen LogP contribution in [0.15, 0.2) is 0 Å². The Morgan fingerprint density at radius 2 is 2.22 bits per heavy atom. The molecule has 2 rings (SSSR count). The van der Waals surface area contributed by atoms with Crippen molar-refractivity contribution in [1.82, 2.24) is 20.1 Å². The Morgan fingerprint density at radius 1 is 1.44 bits per heavy atom. The molecule has 5 nitrogen and oxygen atoms in total. The van der Waals surface area contributed by atoms with E-state index in [4.69, 9.17) is 0 Å². The molecule has 0 aromatic carbocycles. The number of H-pyrrole nitrogens is 1. The van der Waals surface area contributed by atoms with Crippen molar-refractivity contribution < 1.29 is 4.79 Å². The first-order valence-corrected chi connectivity index (χ1v) is 6.82. The normalized spacial score (nSPS) is 24.3. The van der Waals surface area contributed by atoms with Crippen molar-refractivity contribution in [1.29, 1.82) is 0 Å². The van der Waals surface area contributed by atoms with Gasteiger partial charge in [-0.05, 0) is 24.7 Å². The highest BCUT2D eigenvalue weighted by Gasteiger charge is 2.28. The minimum atomic E-state index is -0.0349. The van der Waals surface area contributed by atoms with Crippen LogP contribution >= 0.6 is 0 Å². The molecule has 0 saturated carbocycles. The molecule has 1 fully saturated rings. The minimum Gasteiger partial charge on any atom is -0.336 e. The van der Waals surface area contributed by atoms with Crippen LogP contribution in [0.1, 0.15) is 50.1 Å². The number of aryl methyl sites for hydroxylation is 1. The summed E-state index contributed by atoms with van der Waals surface area (Å²) in [5.41, 5.74) is 0. The molecule has 1 aliphatic rings. The molecule has 100 valence electrons. The summed E-state index contributed by atoms with van der Waals surface area (Å²) in [5.74, 6) is 2.33. The number of nitrogens with zero attached hydrogens (tertiary/aromatic N) is 3. The fraction of sp³-hybridized carbons (Fsp3) is 0.769. The van der Waals surface area contributed by atoms with Gasteiger partial charge in [0.25, 0.3) is 5.91 Å². The Balaban J connectivity index is 2.02. The highest BCUT2D eigenvalue weighted by atomic mass is 16.2. The Bertz CT molecular complexity index is 415. The smallest absolute Gasteiger partial charge is 0.293 e. The van der Waals surface area contributed by atoms with E-state index in [0.29, 0.717) is 17.7 Å². The molecule has 0 aliphatic carbocycles. The maximum atomic E-state index is 12.3. The van der Waals surface area contributed by atoms with Gasteiger partial charge in [-0.2, -0.15) is 0 Å². The van der Waals surface area contributed by atoms with Gasteiger partial charge in [-0.15, -0.1) is 5.10 Å². The first-order chi connectivity index (χ1) is 8.61. The molecular weight excluding hydrogens is 228 g/mol. The molecule has 2 unspecified atom stereocenters. The molecule has 1 N–H and O–H groups in total. The monoisotopic (exact) mass is 250 g/mol. The van der Waals surface area contributed by atoms with Crippen LogP contribution in [-0.2, 0) is 6.42 Å². The number of aromatic amines is 1. The molecule has 1 aromatic rings. The Morgan fingerprint density at radius 3 is 2.89 bits per heavy atom. The first kappa shape index (κ1) is 13.1. The van der Waals surface area contributed by atoms with E-state index in [9.17, 15) is 4.79 Å². The quantitative estimate of drug-likeness (QED) is 0.891. The number of amides is 1. The van der Waals surface area contributed by atoms with Crippen LogP contribution in [0.25, 0.3) is 0 Å². The number of aromatic nitrogens is 3. The van der Waals surface area contributed by atoms with Crippen molar-refractivity contribution in [3.05, 3.63) is 11.6 Å². The van der Waals surface area contributed by atoms with Gasteiger partial charge < -0.3 is 4.90 Å². The summed E-state index contributed by atoms with van der Waals surface area (Å²) >= 11 is 0. The van der Waals surface area contributed by atoms with E-state index < -0.39 is 0 Å². The minimum absolute atomic E-state index is 0.0349. The van der Waals surface area contributed by atoms with E-state index in [0.717, 1.165) is 38.2 Å². The van der Waals surface area contributed by atoms with Gasteiger partial charge in [0, 0.05) is 19.5 Å². The molecule has 1 amide bonds. The molecule has 18 heavy (non-hydrogen) atoms. The van der Waals surface area contributed by atoms with Crippen LogP contribution in [0.3, 0.4) is 0 Å². The standard InChI is InChI=1S/C13H22N4O/c1-4-5-11-14-12(16-15-11)13(18)17-7-6-9(2)10(3)8-17/h9-10H,4-8H2,1-3H3,(H,14,15,16). The predicted molar refractivity (Wildman–Crippen MR) is 69.2 cm³/mol. The van der Waals surface area contributed by atoms with Crippen molar-refractivity contribution >= 4 is 5.91 Å². The third-order valence-electron chi connectivity index (χ3n) is 3.83. The van der Waals surface area contributed by atoms with Gasteiger partial charge in [0.05, 0.1) is 0 Å². The van der Waals surface area contributed by atoms with E-state index in [1.165, 1.54) is 0 Å². The number of carbonyl (C=O) groups excluding carboxylic acids is 1. The maximum absolute atomic E-state index is 12.3. The van der Waals surface area contributed by atoms with Crippen molar-refractivity contribution in [2.75, 3.05) is 13.1 Å². The van der Waals surface area contributed by atoms with Crippen LogP contribution in [0.5, 0.6) is 0 Å². The molecule has 2 atom stereocenters. The SMILES string of the molecule is CCCc1nc(C(=O)N2CCC(C)C(C)C2)n[nH]1. The fourth-order valence-corrected chi connectivity index (χ4v) is 2.33. The lowest BCUT2D eigenvalue weighted by Crippen LogP contribution is -2.42. The lowest BCUT2D eigenvalue weighted by molar-refractivity contribution is 0.0615. The van der Waals surface area contributed by atoms with Gasteiger partial charge in [-0.25, -0.2) is 4.98 Å². The van der Waals surface area contributed by atoms with Crippen LogP contribution in [0.2, 0.25) is 0 Å². The third-order valence-corrected chi connectivity index (χ3v) is 3.83. The van der Waals surface area contributed by atoms with Gasteiger partial charge in [0.2, 0.25) is 5.82 Å². The summed E-state index contributed by atoms with van der Waals surface area (Å²) in [6.07, 6.45) is 2.91. The largest absolute Gasteiger partial charge is 0.336 e. The highest BCUT2D eigenvalue weighted by molar-refractivity contribution is 5.90. The van der Waals surface area contributed by atoms with E-state index in [-0.39, 0.29) is 5.91 Å². The second-order valence-electron chi connectivity index (χ2n) is 5.35. The highest BCUT2D eigenvalue weighted by Crippen LogP contribution is 2.23. The zero-order valence-corrected chi connectivity index (χ0v) is 11.4. The Hall–Kier alpha value is -1.39. The predicted octanol–water partition coefficient (Wildman–Crippen LogP) is 1.88. The molecule has 1 aliphatic heterocycles. The number of carbonyl (C=O) groups is 1. The molecular formula is C13H22N4O. The molecule has 0 bridgehead atoms. The Labute approximate surface area is 108 Å². The molecule has 0 spiro atoms. The number of hydrogen-bond acceptors (Lipinski definition) is 3. The summed E-state index contributed by atoms with van der Waals surface area (Å²) < 4.78 is 0. The van der Waals surface area contributed by atoms with Gasteiger partial charge in [-0.3, -0.25) is 9.89 Å². The van der Waals surface area contributed by atoms with Crippen molar-refractivity contribution in [2.24, 2.45) is 11.8 Å². The van der Waals surface area contributed by atoms with Crippen LogP contribution < -0.4 is 0 Å². The number of likely N-dealkylation sites (tertiary alicyclic amines) is 1.